The molecular formula is C27H17Cl2NO5S. The number of esters is 1. The zero-order valence-corrected chi connectivity index (χ0v) is 21.1. The molecule has 0 N–H and O–H groups in total. The lowest BCUT2D eigenvalue weighted by molar-refractivity contribution is 0.0686. The van der Waals surface area contributed by atoms with E-state index < -0.39 is 21.8 Å². The molecule has 0 fully saturated rings. The fourth-order valence-electron chi connectivity index (χ4n) is 4.02. The minimum absolute atomic E-state index is 0.0203. The third-order valence-electron chi connectivity index (χ3n) is 5.87. The number of Topliss-reactive ketones (excluding diaryl/α,β-unsaturated/α-hetero) is 1. The molecule has 0 radical (unpaired) electrons. The molecule has 0 unspecified atom stereocenters. The second-order valence-electron chi connectivity index (χ2n) is 8.05. The summed E-state index contributed by atoms with van der Waals surface area (Å²) in [6.07, 6.45) is 0. The molecule has 0 spiro atoms. The van der Waals surface area contributed by atoms with Crippen LogP contribution in [0.3, 0.4) is 0 Å². The van der Waals surface area contributed by atoms with E-state index in [4.69, 9.17) is 27.9 Å². The van der Waals surface area contributed by atoms with Crippen LogP contribution < -0.4 is 0 Å². The van der Waals surface area contributed by atoms with Gasteiger partial charge in [0, 0.05) is 17.6 Å². The van der Waals surface area contributed by atoms with Crippen LogP contribution >= 0.6 is 23.2 Å². The summed E-state index contributed by atoms with van der Waals surface area (Å²) in [5.41, 5.74) is 0.00676. The van der Waals surface area contributed by atoms with Crippen LogP contribution in [0.2, 0.25) is 10.0 Å². The summed E-state index contributed by atoms with van der Waals surface area (Å²) in [6, 6.07) is 22.7. The lowest BCUT2D eigenvalue weighted by Gasteiger charge is -2.30. The van der Waals surface area contributed by atoms with E-state index in [1.54, 1.807) is 18.2 Å². The number of hydrogen-bond donors (Lipinski definition) is 0. The van der Waals surface area contributed by atoms with Gasteiger partial charge in [-0.15, -0.1) is 0 Å². The number of rotatable bonds is 4. The Bertz CT molecular complexity index is 1700. The molecule has 0 atom stereocenters. The Balaban J connectivity index is 1.73. The number of sulfonamides is 1. The molecule has 5 rings (SSSR count). The van der Waals surface area contributed by atoms with Crippen LogP contribution in [-0.2, 0) is 14.8 Å². The van der Waals surface area contributed by atoms with Gasteiger partial charge in [-0.2, -0.15) is 0 Å². The van der Waals surface area contributed by atoms with Crippen molar-refractivity contribution in [2.75, 3.05) is 7.05 Å². The van der Waals surface area contributed by atoms with Crippen molar-refractivity contribution in [2.24, 2.45) is 0 Å². The van der Waals surface area contributed by atoms with Gasteiger partial charge in [-0.05, 0) is 53.2 Å². The summed E-state index contributed by atoms with van der Waals surface area (Å²) < 4.78 is 33.3. The molecule has 4 aromatic carbocycles. The molecule has 36 heavy (non-hydrogen) atoms. The predicted molar refractivity (Wildman–Crippen MR) is 138 cm³/mol. The van der Waals surface area contributed by atoms with Crippen LogP contribution in [0.1, 0.15) is 26.3 Å². The fraction of sp³-hybridized carbons (Fsp3) is 0.0370. The molecule has 1 aliphatic rings. The maximum absolute atomic E-state index is 13.8. The smallest absolute Gasteiger partial charge is 0.343 e. The molecular weight excluding hydrogens is 521 g/mol. The second kappa shape index (κ2) is 9.09. The van der Waals surface area contributed by atoms with Gasteiger partial charge in [0.25, 0.3) is 10.0 Å². The van der Waals surface area contributed by atoms with E-state index in [9.17, 15) is 18.0 Å². The lowest BCUT2D eigenvalue weighted by atomic mass is 10.0. The highest BCUT2D eigenvalue weighted by molar-refractivity contribution is 7.89. The summed E-state index contributed by atoms with van der Waals surface area (Å²) in [4.78, 5) is 26.7. The van der Waals surface area contributed by atoms with E-state index in [0.717, 1.165) is 15.1 Å². The molecule has 0 bridgehead atoms. The number of halogens is 2. The number of likely N-dealkylation sites (N-methyl/N-ethyl adjacent to an activating group) is 1. The Labute approximate surface area is 217 Å². The van der Waals surface area contributed by atoms with E-state index in [1.807, 2.05) is 24.3 Å². The van der Waals surface area contributed by atoms with Gasteiger partial charge in [0.2, 0.25) is 5.78 Å². The van der Waals surface area contributed by atoms with E-state index >= 15 is 0 Å². The molecule has 9 heteroatoms. The highest BCUT2D eigenvalue weighted by Gasteiger charge is 2.41. The van der Waals surface area contributed by atoms with Crippen LogP contribution in [-0.4, -0.2) is 31.5 Å². The summed E-state index contributed by atoms with van der Waals surface area (Å²) in [5.74, 6) is -1.69. The zero-order chi connectivity index (χ0) is 25.6. The number of hydrogen-bond acceptors (Lipinski definition) is 5. The number of ketones is 1. The normalized spacial score (nSPS) is 14.5. The Kier molecular flexibility index (Phi) is 6.08. The summed E-state index contributed by atoms with van der Waals surface area (Å²) in [6.45, 7) is 0. The van der Waals surface area contributed by atoms with E-state index in [0.29, 0.717) is 5.02 Å². The maximum Gasteiger partial charge on any atom is 0.343 e. The fourth-order valence-corrected chi connectivity index (χ4v) is 5.87. The van der Waals surface area contributed by atoms with Gasteiger partial charge in [0.1, 0.15) is 10.6 Å². The second-order valence-corrected chi connectivity index (χ2v) is 10.8. The van der Waals surface area contributed by atoms with Gasteiger partial charge < -0.3 is 4.74 Å². The number of carbonyl (C=O) groups excluding carboxylic acids is 2. The Morgan fingerprint density at radius 3 is 2.19 bits per heavy atom. The van der Waals surface area contributed by atoms with Crippen molar-refractivity contribution in [3.05, 3.63) is 117 Å². The molecule has 180 valence electrons. The average molecular weight is 538 g/mol. The van der Waals surface area contributed by atoms with Crippen molar-refractivity contribution in [1.29, 1.82) is 0 Å². The molecule has 6 nitrogen and oxygen atoms in total. The summed E-state index contributed by atoms with van der Waals surface area (Å²) >= 11 is 12.3. The maximum atomic E-state index is 13.8. The molecule has 0 amide bonds. The third-order valence-corrected chi connectivity index (χ3v) is 8.24. The van der Waals surface area contributed by atoms with Crippen LogP contribution in [0.15, 0.2) is 95.5 Å². The Morgan fingerprint density at radius 2 is 1.47 bits per heavy atom. The monoisotopic (exact) mass is 537 g/mol. The van der Waals surface area contributed by atoms with E-state index in [1.165, 1.54) is 49.5 Å². The van der Waals surface area contributed by atoms with Gasteiger partial charge in [0.15, 0.2) is 5.76 Å². The Hall–Kier alpha value is -3.65. The van der Waals surface area contributed by atoms with Crippen LogP contribution in [0.5, 0.6) is 0 Å². The van der Waals surface area contributed by atoms with Gasteiger partial charge in [-0.25, -0.2) is 13.2 Å². The van der Waals surface area contributed by atoms with Crippen molar-refractivity contribution >= 4 is 61.5 Å². The van der Waals surface area contributed by atoms with Crippen molar-refractivity contribution in [2.45, 2.75) is 4.90 Å². The number of fused-ring (bicyclic) bond motifs is 2. The number of benzene rings is 4. The number of nitrogens with zero attached hydrogens (tertiary/aromatic N) is 1. The molecule has 1 aliphatic heterocycles. The Morgan fingerprint density at radius 1 is 0.806 bits per heavy atom. The van der Waals surface area contributed by atoms with Gasteiger partial charge in [-0.1, -0.05) is 65.7 Å². The van der Waals surface area contributed by atoms with Gasteiger partial charge in [-0.3, -0.25) is 9.10 Å². The molecule has 0 aliphatic carbocycles. The van der Waals surface area contributed by atoms with E-state index in [-0.39, 0.29) is 38.1 Å². The van der Waals surface area contributed by atoms with Crippen LogP contribution in [0.25, 0.3) is 16.5 Å². The van der Waals surface area contributed by atoms with Crippen LogP contribution in [0.4, 0.5) is 0 Å². The molecule has 4 aromatic rings. The highest BCUT2D eigenvalue weighted by Crippen LogP contribution is 2.41. The summed E-state index contributed by atoms with van der Waals surface area (Å²) in [7, 11) is -2.93. The third kappa shape index (κ3) is 4.05. The standard InChI is InChI=1S/C27H17Cl2NO5S/c1-30-24(25(31)19-10-9-16-5-2-3-6-18(16)15-19)26(35-27(32)17-11-13-20(28)14-12-17)23-21(29)7-4-8-22(23)36(30,33)34/h2-15H,1H3. The zero-order valence-electron chi connectivity index (χ0n) is 18.7. The molecule has 0 saturated carbocycles. The predicted octanol–water partition coefficient (Wildman–Crippen LogP) is 6.19. The topological polar surface area (TPSA) is 80.8 Å². The number of ether oxygens (including phenoxy) is 1. The highest BCUT2D eigenvalue weighted by atomic mass is 35.5. The van der Waals surface area contributed by atoms with Crippen molar-refractivity contribution in [3.8, 4) is 0 Å². The average Bonchev–Trinajstić information content (AvgIpc) is 2.87. The number of carbonyl (C=O) groups is 2. The SMILES string of the molecule is CN1C(C(=O)c2ccc3ccccc3c2)=C(OC(=O)c2ccc(Cl)cc2)c2c(Cl)cccc2S1(=O)=O. The quantitative estimate of drug-likeness (QED) is 0.229. The molecule has 0 saturated heterocycles. The van der Waals surface area contributed by atoms with Crippen LogP contribution in [0, 0.1) is 0 Å². The first kappa shape index (κ1) is 24.1. The van der Waals surface area contributed by atoms with E-state index in [2.05, 4.69) is 0 Å². The largest absolute Gasteiger partial charge is 0.420 e. The first-order chi connectivity index (χ1) is 17.2. The minimum atomic E-state index is -4.17. The first-order valence-corrected chi connectivity index (χ1v) is 12.9. The van der Waals surface area contributed by atoms with Crippen molar-refractivity contribution in [3.63, 3.8) is 0 Å². The van der Waals surface area contributed by atoms with Crippen molar-refractivity contribution in [1.82, 2.24) is 4.31 Å². The summed E-state index contributed by atoms with van der Waals surface area (Å²) in [5, 5.41) is 2.15. The van der Waals surface area contributed by atoms with Crippen molar-refractivity contribution < 1.29 is 22.7 Å². The van der Waals surface area contributed by atoms with Gasteiger partial charge >= 0.3 is 5.97 Å². The number of allylic oxidation sites excluding steroid dienone is 1. The first-order valence-electron chi connectivity index (χ1n) is 10.7. The minimum Gasteiger partial charge on any atom is -0.420 e. The lowest BCUT2D eigenvalue weighted by Crippen LogP contribution is -2.36. The van der Waals surface area contributed by atoms with Gasteiger partial charge in [0.05, 0.1) is 16.1 Å². The molecule has 1 heterocycles. The molecule has 0 aromatic heterocycles.